The number of hydrogen-bond donors (Lipinski definition) is 0. The van der Waals surface area contributed by atoms with Gasteiger partial charge in [0.05, 0.1) is 6.61 Å². The van der Waals surface area contributed by atoms with Crippen molar-refractivity contribution in [2.45, 2.75) is 58.9 Å². The Bertz CT molecular complexity index is 1300. The number of likely N-dealkylation sites (tertiary alicyclic amines) is 1. The minimum atomic E-state index is -0.532. The van der Waals surface area contributed by atoms with E-state index in [0.717, 1.165) is 37.9 Å². The second-order valence-electron chi connectivity index (χ2n) is 10.4. The maximum Gasteiger partial charge on any atom is 0.330 e. The first-order valence-corrected chi connectivity index (χ1v) is 13.7. The largest absolute Gasteiger partial charge is 0.463 e. The van der Waals surface area contributed by atoms with Crippen molar-refractivity contribution in [3.05, 3.63) is 83.6 Å². The number of rotatable bonds is 7. The molecule has 0 bridgehead atoms. The van der Waals surface area contributed by atoms with Crippen LogP contribution in [0.2, 0.25) is 0 Å². The first kappa shape index (κ1) is 28.3. The molecule has 6 nitrogen and oxygen atoms in total. The van der Waals surface area contributed by atoms with Gasteiger partial charge in [-0.1, -0.05) is 43.9 Å². The molecule has 7 heteroatoms. The SMILES string of the molecule is C=C(/C=C1/N=C(C(=O)N2CCCC3(CC=CC3)C2C)C=C(CC)N1C)c1cccc(/C=C/C(=O)OCC)c1F. The first-order chi connectivity index (χ1) is 18.7. The highest BCUT2D eigenvalue weighted by Crippen LogP contribution is 2.46. The van der Waals surface area contributed by atoms with Crippen molar-refractivity contribution in [2.75, 3.05) is 20.2 Å². The third-order valence-electron chi connectivity index (χ3n) is 8.16. The molecule has 0 aromatic heterocycles. The number of halogens is 1. The van der Waals surface area contributed by atoms with Crippen molar-refractivity contribution in [1.82, 2.24) is 9.80 Å². The Morgan fingerprint density at radius 1 is 1.26 bits per heavy atom. The number of hydrogen-bond acceptors (Lipinski definition) is 5. The molecule has 0 radical (unpaired) electrons. The number of nitrogens with zero attached hydrogens (tertiary/aromatic N) is 3. The van der Waals surface area contributed by atoms with Crippen LogP contribution in [0.15, 0.2) is 71.7 Å². The zero-order chi connectivity index (χ0) is 28.2. The number of allylic oxidation sites excluding steroid dienone is 5. The number of benzene rings is 1. The number of ether oxygens (including phenoxy) is 1. The summed E-state index contributed by atoms with van der Waals surface area (Å²) >= 11 is 0. The molecule has 0 N–H and O–H groups in total. The molecule has 2 aliphatic heterocycles. The summed E-state index contributed by atoms with van der Waals surface area (Å²) in [4.78, 5) is 34.1. The van der Waals surface area contributed by atoms with Gasteiger partial charge in [0.1, 0.15) is 17.3 Å². The van der Waals surface area contributed by atoms with Crippen LogP contribution >= 0.6 is 0 Å². The number of amides is 1. The molecule has 1 fully saturated rings. The van der Waals surface area contributed by atoms with E-state index in [1.165, 1.54) is 12.2 Å². The van der Waals surface area contributed by atoms with Crippen molar-refractivity contribution in [2.24, 2.45) is 10.4 Å². The van der Waals surface area contributed by atoms with Crippen LogP contribution in [0.1, 0.15) is 64.0 Å². The van der Waals surface area contributed by atoms with Gasteiger partial charge in [-0.15, -0.1) is 0 Å². The topological polar surface area (TPSA) is 62.2 Å². The summed E-state index contributed by atoms with van der Waals surface area (Å²) in [5, 5.41) is 0. The average Bonchev–Trinajstić information content (AvgIpc) is 3.40. The standard InChI is InChI=1S/C32H38FN3O3/c1-6-25-21-27(31(38)36-19-11-18-32(23(36)4)16-8-9-17-32)34-28(35(25)5)20-22(3)26-13-10-12-24(30(26)33)14-15-29(37)39-7-2/h8-10,12-15,20-21,23H,3,6-7,11,16-19H2,1-2,4-5H3/b15-14+,28-20-. The Labute approximate surface area is 230 Å². The lowest BCUT2D eigenvalue weighted by molar-refractivity contribution is -0.137. The second kappa shape index (κ2) is 12.0. The summed E-state index contributed by atoms with van der Waals surface area (Å²) in [6.45, 7) is 11.0. The Morgan fingerprint density at radius 3 is 2.69 bits per heavy atom. The van der Waals surface area contributed by atoms with Crippen molar-refractivity contribution in [1.29, 1.82) is 0 Å². The van der Waals surface area contributed by atoms with Gasteiger partial charge in [0, 0.05) is 42.5 Å². The van der Waals surface area contributed by atoms with E-state index >= 15 is 4.39 Å². The van der Waals surface area contributed by atoms with Crippen LogP contribution < -0.4 is 0 Å². The fraction of sp³-hybridized carbons (Fsp3) is 0.406. The Morgan fingerprint density at radius 2 is 2.00 bits per heavy atom. The summed E-state index contributed by atoms with van der Waals surface area (Å²) < 4.78 is 20.3. The highest BCUT2D eigenvalue weighted by molar-refractivity contribution is 6.43. The van der Waals surface area contributed by atoms with Crippen LogP contribution in [-0.2, 0) is 14.3 Å². The summed E-state index contributed by atoms with van der Waals surface area (Å²) in [7, 11) is 1.89. The molecule has 1 atom stereocenters. The minimum Gasteiger partial charge on any atom is -0.463 e. The van der Waals surface area contributed by atoms with Crippen LogP contribution in [0.5, 0.6) is 0 Å². The fourth-order valence-electron chi connectivity index (χ4n) is 5.74. The maximum atomic E-state index is 15.4. The molecule has 39 heavy (non-hydrogen) atoms. The number of piperidine rings is 1. The van der Waals surface area contributed by atoms with Crippen LogP contribution in [0, 0.1) is 11.2 Å². The molecule has 1 aliphatic carbocycles. The zero-order valence-corrected chi connectivity index (χ0v) is 23.4. The normalized spacial score (nSPS) is 21.5. The smallest absolute Gasteiger partial charge is 0.330 e. The van der Waals surface area contributed by atoms with Gasteiger partial charge in [0.25, 0.3) is 5.91 Å². The van der Waals surface area contributed by atoms with Crippen molar-refractivity contribution < 1.29 is 18.7 Å². The summed E-state index contributed by atoms with van der Waals surface area (Å²) in [5.74, 6) is -0.573. The minimum absolute atomic E-state index is 0.0682. The van der Waals surface area contributed by atoms with E-state index in [2.05, 4.69) is 25.7 Å². The first-order valence-electron chi connectivity index (χ1n) is 13.7. The zero-order valence-electron chi connectivity index (χ0n) is 23.4. The predicted molar refractivity (Wildman–Crippen MR) is 154 cm³/mol. The van der Waals surface area contributed by atoms with Gasteiger partial charge in [-0.25, -0.2) is 14.2 Å². The van der Waals surface area contributed by atoms with E-state index < -0.39 is 11.8 Å². The highest BCUT2D eigenvalue weighted by Gasteiger charge is 2.44. The van der Waals surface area contributed by atoms with Gasteiger partial charge in [-0.2, -0.15) is 0 Å². The maximum absolute atomic E-state index is 15.4. The van der Waals surface area contributed by atoms with E-state index in [1.807, 2.05) is 29.8 Å². The van der Waals surface area contributed by atoms with E-state index in [1.54, 1.807) is 31.2 Å². The molecule has 4 rings (SSSR count). The molecule has 1 aromatic carbocycles. The fourth-order valence-corrected chi connectivity index (χ4v) is 5.74. The lowest BCUT2D eigenvalue weighted by Gasteiger charge is -2.47. The second-order valence-corrected chi connectivity index (χ2v) is 10.4. The van der Waals surface area contributed by atoms with Gasteiger partial charge >= 0.3 is 5.97 Å². The van der Waals surface area contributed by atoms with Crippen LogP contribution in [-0.4, -0.2) is 53.6 Å². The third-order valence-corrected chi connectivity index (χ3v) is 8.16. The molecule has 0 saturated carbocycles. The molecule has 1 unspecified atom stereocenters. The Kier molecular flexibility index (Phi) is 8.68. The van der Waals surface area contributed by atoms with Crippen molar-refractivity contribution >= 4 is 29.2 Å². The number of aliphatic imine (C=N–C) groups is 1. The Balaban J connectivity index is 1.62. The van der Waals surface area contributed by atoms with E-state index in [9.17, 15) is 9.59 Å². The molecule has 1 saturated heterocycles. The van der Waals surface area contributed by atoms with Crippen LogP contribution in [0.4, 0.5) is 4.39 Å². The quantitative estimate of drug-likeness (QED) is 0.236. The summed E-state index contributed by atoms with van der Waals surface area (Å²) in [6, 6.07) is 5.05. The van der Waals surface area contributed by atoms with Crippen LogP contribution in [0.25, 0.3) is 11.6 Å². The highest BCUT2D eigenvalue weighted by atomic mass is 19.1. The predicted octanol–water partition coefficient (Wildman–Crippen LogP) is 6.28. The molecule has 206 valence electrons. The number of carbonyl (C=O) groups is 2. The van der Waals surface area contributed by atoms with Crippen molar-refractivity contribution in [3.63, 3.8) is 0 Å². The molecule has 1 amide bonds. The van der Waals surface area contributed by atoms with Gasteiger partial charge in [-0.05, 0) is 75.2 Å². The summed E-state index contributed by atoms with van der Waals surface area (Å²) in [6.07, 6.45) is 15.5. The number of carbonyl (C=O) groups excluding carboxylic acids is 2. The molecule has 1 aromatic rings. The molecular formula is C32H38FN3O3. The van der Waals surface area contributed by atoms with E-state index in [-0.39, 0.29) is 35.1 Å². The molecule has 1 spiro atoms. The van der Waals surface area contributed by atoms with Gasteiger partial charge < -0.3 is 14.5 Å². The lowest BCUT2D eigenvalue weighted by Crippen LogP contribution is -2.54. The van der Waals surface area contributed by atoms with Gasteiger partial charge in [0.15, 0.2) is 0 Å². The average molecular weight is 532 g/mol. The van der Waals surface area contributed by atoms with Gasteiger partial charge in [-0.3, -0.25) is 4.79 Å². The van der Waals surface area contributed by atoms with E-state index in [4.69, 9.17) is 9.73 Å². The lowest BCUT2D eigenvalue weighted by atomic mass is 9.71. The van der Waals surface area contributed by atoms with Gasteiger partial charge in [0.2, 0.25) is 0 Å². The van der Waals surface area contributed by atoms with Crippen molar-refractivity contribution in [3.8, 4) is 0 Å². The molecule has 2 heterocycles. The van der Waals surface area contributed by atoms with Crippen LogP contribution in [0.3, 0.4) is 0 Å². The summed E-state index contributed by atoms with van der Waals surface area (Å²) in [5.41, 5.74) is 2.41. The molecule has 3 aliphatic rings. The number of esters is 1. The third kappa shape index (κ3) is 5.82. The Hall–Kier alpha value is -3.74. The monoisotopic (exact) mass is 531 g/mol. The molecular weight excluding hydrogens is 493 g/mol. The van der Waals surface area contributed by atoms with E-state index in [0.29, 0.717) is 23.5 Å².